The fourth-order valence-corrected chi connectivity index (χ4v) is 8.21. The first-order valence-electron chi connectivity index (χ1n) is 21.8. The molecule has 2 aromatic rings. The molecule has 3 aliphatic heterocycles. The van der Waals surface area contributed by atoms with Crippen molar-refractivity contribution in [2.75, 3.05) is 29.9 Å². The number of para-hydroxylation sites is 2. The highest BCUT2D eigenvalue weighted by Gasteiger charge is 2.48. The van der Waals surface area contributed by atoms with Gasteiger partial charge in [-0.15, -0.1) is 0 Å². The first-order chi connectivity index (χ1) is 28.8. The zero-order valence-corrected chi connectivity index (χ0v) is 45.3. The Labute approximate surface area is 431 Å². The molecule has 0 unspecified atom stereocenters. The van der Waals surface area contributed by atoms with Crippen molar-refractivity contribution in [3.63, 3.8) is 0 Å². The molecule has 0 spiro atoms. The van der Waals surface area contributed by atoms with Crippen molar-refractivity contribution < 1.29 is 39.2 Å². The van der Waals surface area contributed by atoms with Gasteiger partial charge in [-0.25, -0.2) is 4.79 Å². The molecule has 1 saturated carbocycles. The first kappa shape index (κ1) is 69.9. The lowest BCUT2D eigenvalue weighted by Crippen LogP contribution is -2.51. The van der Waals surface area contributed by atoms with Crippen molar-refractivity contribution in [3.05, 3.63) is 59.7 Å². The van der Waals surface area contributed by atoms with E-state index in [1.807, 2.05) is 35.3 Å². The highest BCUT2D eigenvalue weighted by atomic mass is 32.1. The number of nitrogens with zero attached hydrogens (tertiary/aromatic N) is 3. The van der Waals surface area contributed by atoms with Gasteiger partial charge < -0.3 is 51.5 Å². The van der Waals surface area contributed by atoms with E-state index in [1.54, 1.807) is 25.6 Å². The van der Waals surface area contributed by atoms with Crippen LogP contribution in [0.1, 0.15) is 98.6 Å². The number of nitrogens with one attached hydrogen (secondary N) is 3. The Morgan fingerprint density at radius 1 is 0.833 bits per heavy atom. The predicted octanol–water partition coefficient (Wildman–Crippen LogP) is 4.92. The van der Waals surface area contributed by atoms with Gasteiger partial charge in [-0.2, -0.15) is 67.5 Å². The summed E-state index contributed by atoms with van der Waals surface area (Å²) in [6, 6.07) is 14.8. The average molecular weight is 1020 g/mol. The van der Waals surface area contributed by atoms with Gasteiger partial charge in [0.15, 0.2) is 5.81 Å². The number of rotatable bonds is 10. The monoisotopic (exact) mass is 1020 g/mol. The summed E-state index contributed by atoms with van der Waals surface area (Å²) in [7, 11) is 3.93. The molecule has 66 heavy (non-hydrogen) atoms. The molecule has 0 aromatic heterocycles. The Morgan fingerprint density at radius 3 is 1.82 bits per heavy atom. The molecule has 1 saturated heterocycles. The van der Waals surface area contributed by atoms with Crippen molar-refractivity contribution in [2.45, 2.75) is 149 Å². The molecule has 0 bridgehead atoms. The normalized spacial score (nSPS) is 20.2. The second kappa shape index (κ2) is 35.4. The Morgan fingerprint density at radius 2 is 1.36 bits per heavy atom. The zero-order chi connectivity index (χ0) is 46.0. The van der Waals surface area contributed by atoms with Crippen molar-refractivity contribution in [2.24, 2.45) is 11.7 Å². The molecular weight excluding hydrogens is 936 g/mol. The number of carbonyl (C=O) groups excluding carboxylic acids is 3. The maximum Gasteiger partial charge on any atom is 0.374 e. The van der Waals surface area contributed by atoms with Gasteiger partial charge in [-0.3, -0.25) is 19.2 Å². The van der Waals surface area contributed by atoms with Gasteiger partial charge in [-0.1, -0.05) is 70.0 Å². The minimum Gasteiger partial charge on any atom is -0.480 e. The number of hydrogen-bond donors (Lipinski definition) is 7. The van der Waals surface area contributed by atoms with E-state index in [9.17, 15) is 34.1 Å². The molecule has 15 nitrogen and oxygen atoms in total. The SMILES string of the molecule is CB(O)N[C@@H](C)C(=O)N1c2ccccc2C[C@@H]1C.CCN(CC)CC.C[C@H](N)C(=O)N1[C@@H](C(=O)O)C[C@H]2CCCC[C@H]21.C[C@H]1Cc2ccccc2N1.S.S.S.S.S.[B]C(=O)N[C@@H](C)C(=O)O. The summed E-state index contributed by atoms with van der Waals surface area (Å²) in [6.07, 6.45) is 6.85. The summed E-state index contributed by atoms with van der Waals surface area (Å²) in [4.78, 5) is 61.4. The highest BCUT2D eigenvalue weighted by molar-refractivity contribution is 7.60. The second-order valence-electron chi connectivity index (χ2n) is 16.3. The predicted molar refractivity (Wildman–Crippen MR) is 296 cm³/mol. The standard InChI is InChI=1S/C13H19BN2O2.C12H20N2O3.C9H11N.C6H15N.C4H6BNO3.5H2S/c1-9-8-11-6-4-5-7-12(11)16(9)13(17)10(2)15-14(3)18;1-7(13)11(15)14-9-5-3-2-4-8(9)6-10(14)12(16)17;1-7-6-8-4-2-3-5-9(8)10-7;1-4-7(5-2)6-3;1-2(3(7)8)6-4(5)9;;;;;/h4-7,9-10,15,18H,8H2,1-3H3;7-10H,2-6,13H2,1H3,(H,16,17);2-5,7,10H,6H2,1H3;4-6H2,1-3H3;2H,1H3,(H,6,9)(H,7,8);5*1H2/t9-,10-;7-,8+,9+,10+;7-;;2-;;;;;/m000.0...../s1. The number of aliphatic carboxylic acids is 2. The summed E-state index contributed by atoms with van der Waals surface area (Å²) in [5, 5.41) is 34.9. The third-order valence-corrected chi connectivity index (χ3v) is 11.3. The lowest BCUT2D eigenvalue weighted by atomic mass is 9.84. The van der Waals surface area contributed by atoms with E-state index in [2.05, 4.69) is 81.3 Å². The van der Waals surface area contributed by atoms with Gasteiger partial charge in [0.1, 0.15) is 12.1 Å². The fourth-order valence-electron chi connectivity index (χ4n) is 8.21. The maximum atomic E-state index is 12.4. The van der Waals surface area contributed by atoms with Gasteiger partial charge in [0.25, 0.3) is 0 Å². The number of likely N-dealkylation sites (tertiary alicyclic amines) is 1. The molecule has 2 radical (unpaired) electrons. The number of anilines is 2. The maximum absolute atomic E-state index is 12.4. The van der Waals surface area contributed by atoms with Crippen LogP contribution in [0, 0.1) is 5.92 Å². The minimum atomic E-state index is -1.10. The van der Waals surface area contributed by atoms with Crippen LogP contribution in [0.2, 0.25) is 6.82 Å². The van der Waals surface area contributed by atoms with Crippen LogP contribution in [-0.2, 0) is 32.0 Å². The van der Waals surface area contributed by atoms with Crippen LogP contribution in [0.25, 0.3) is 0 Å². The zero-order valence-electron chi connectivity index (χ0n) is 40.3. The Balaban J connectivity index is -0.000000373. The number of amides is 3. The summed E-state index contributed by atoms with van der Waals surface area (Å²) in [5.74, 6) is -2.68. The summed E-state index contributed by atoms with van der Waals surface area (Å²) < 4.78 is 0. The van der Waals surface area contributed by atoms with Crippen molar-refractivity contribution in [1.29, 1.82) is 0 Å². The Kier molecular flexibility index (Phi) is 37.5. The van der Waals surface area contributed by atoms with Gasteiger partial charge in [0.2, 0.25) is 19.7 Å². The van der Waals surface area contributed by atoms with Gasteiger partial charge in [-0.05, 0) is 122 Å². The topological polar surface area (TPSA) is 218 Å². The molecular formula is C44H81B2N7O8S5. The molecule has 2 fully saturated rings. The van der Waals surface area contributed by atoms with Crippen LogP contribution in [0.15, 0.2) is 48.5 Å². The fraction of sp³-hybridized carbons (Fsp3) is 0.614. The number of benzene rings is 2. The van der Waals surface area contributed by atoms with Crippen LogP contribution >= 0.6 is 67.5 Å². The molecule has 3 heterocycles. The molecule has 376 valence electrons. The lowest BCUT2D eigenvalue weighted by molar-refractivity contribution is -0.150. The average Bonchev–Trinajstić information content (AvgIpc) is 3.90. The van der Waals surface area contributed by atoms with Crippen molar-refractivity contribution in [1.82, 2.24) is 20.3 Å². The van der Waals surface area contributed by atoms with Crippen LogP contribution in [-0.4, -0.2) is 131 Å². The summed E-state index contributed by atoms with van der Waals surface area (Å²) in [5.41, 5.74) is 10.6. The van der Waals surface area contributed by atoms with E-state index in [0.717, 1.165) is 37.8 Å². The molecule has 3 amide bonds. The van der Waals surface area contributed by atoms with E-state index in [0.29, 0.717) is 18.4 Å². The van der Waals surface area contributed by atoms with E-state index in [-0.39, 0.29) is 91.4 Å². The minimum absolute atomic E-state index is 0. The Bertz CT molecular complexity index is 1710. The number of carbonyl (C=O) groups is 5. The first-order valence-corrected chi connectivity index (χ1v) is 21.8. The third kappa shape index (κ3) is 22.2. The highest BCUT2D eigenvalue weighted by Crippen LogP contribution is 2.40. The largest absolute Gasteiger partial charge is 0.480 e. The van der Waals surface area contributed by atoms with Crippen LogP contribution in [0.4, 0.5) is 16.2 Å². The van der Waals surface area contributed by atoms with Crippen LogP contribution in [0.3, 0.4) is 0 Å². The van der Waals surface area contributed by atoms with Gasteiger partial charge in [0, 0.05) is 29.5 Å². The molecule has 6 rings (SSSR count). The molecule has 1 aliphatic carbocycles. The lowest BCUT2D eigenvalue weighted by Gasteiger charge is -2.33. The van der Waals surface area contributed by atoms with Crippen LogP contribution in [0.5, 0.6) is 0 Å². The quantitative estimate of drug-likeness (QED) is 0.158. The molecule has 8 N–H and O–H groups in total. The van der Waals surface area contributed by atoms with E-state index >= 15 is 0 Å². The third-order valence-electron chi connectivity index (χ3n) is 11.3. The van der Waals surface area contributed by atoms with Crippen LogP contribution < -0.4 is 26.5 Å². The number of carboxylic acids is 2. The molecule has 2 aromatic carbocycles. The van der Waals surface area contributed by atoms with Crippen molar-refractivity contribution in [3.8, 4) is 0 Å². The van der Waals surface area contributed by atoms with E-state index in [1.165, 1.54) is 49.8 Å². The number of nitrogens with two attached hydrogens (primary N) is 1. The molecule has 8 atom stereocenters. The molecule has 22 heteroatoms. The number of fused-ring (bicyclic) bond motifs is 3. The smallest absolute Gasteiger partial charge is 0.374 e. The van der Waals surface area contributed by atoms with Gasteiger partial charge >= 0.3 is 19.0 Å². The van der Waals surface area contributed by atoms with Gasteiger partial charge in [0.05, 0.1) is 12.1 Å². The number of hydrogen-bond acceptors (Lipinski definition) is 10. The number of carboxylic acid groups (broad SMARTS) is 2. The van der Waals surface area contributed by atoms with E-state index in [4.69, 9.17) is 10.8 Å². The summed E-state index contributed by atoms with van der Waals surface area (Å²) in [6.45, 7) is 20.7. The molecule has 4 aliphatic rings. The summed E-state index contributed by atoms with van der Waals surface area (Å²) >= 11 is 0. The second-order valence-corrected chi connectivity index (χ2v) is 16.3. The van der Waals surface area contributed by atoms with Crippen molar-refractivity contribution >= 4 is 123 Å². The Hall–Kier alpha value is -2.69. The van der Waals surface area contributed by atoms with E-state index < -0.39 is 49.0 Å².